The summed E-state index contributed by atoms with van der Waals surface area (Å²) in [5.41, 5.74) is -1.45. The van der Waals surface area contributed by atoms with Crippen LogP contribution in [0.5, 0.6) is 0 Å². The van der Waals surface area contributed by atoms with E-state index in [4.69, 9.17) is 16.3 Å². The van der Waals surface area contributed by atoms with E-state index in [1.165, 1.54) is 4.90 Å². The number of benzene rings is 1. The number of hydrogen-bond acceptors (Lipinski definition) is 7. The van der Waals surface area contributed by atoms with Gasteiger partial charge in [0.1, 0.15) is 0 Å². The van der Waals surface area contributed by atoms with Crippen LogP contribution in [0.25, 0.3) is 0 Å². The molecule has 21 heavy (non-hydrogen) atoms. The maximum atomic E-state index is 11.2. The van der Waals surface area contributed by atoms with Gasteiger partial charge in [0.2, 0.25) is 0 Å². The van der Waals surface area contributed by atoms with Gasteiger partial charge in [-0.15, -0.1) is 0 Å². The van der Waals surface area contributed by atoms with Crippen LogP contribution in [0.1, 0.15) is 10.4 Å². The minimum Gasteiger partial charge on any atom is -0.378 e. The number of ether oxygens (including phenoxy) is 1. The number of halogens is 1. The summed E-state index contributed by atoms with van der Waals surface area (Å²) in [4.78, 5) is 33.5. The van der Waals surface area contributed by atoms with Crippen LogP contribution in [0.2, 0.25) is 0 Å². The lowest BCUT2D eigenvalue weighted by Gasteiger charge is -2.28. The molecule has 1 aliphatic rings. The summed E-state index contributed by atoms with van der Waals surface area (Å²) in [6.07, 6.45) is 0. The fraction of sp³-hybridized carbons (Fsp3) is 0.364. The van der Waals surface area contributed by atoms with Gasteiger partial charge in [-0.25, -0.2) is 0 Å². The second kappa shape index (κ2) is 6.02. The third-order valence-electron chi connectivity index (χ3n) is 3.02. The van der Waals surface area contributed by atoms with Crippen molar-refractivity contribution in [3.05, 3.63) is 37.9 Å². The van der Waals surface area contributed by atoms with Crippen molar-refractivity contribution < 1.29 is 19.4 Å². The largest absolute Gasteiger partial charge is 0.378 e. The van der Waals surface area contributed by atoms with Crippen LogP contribution < -0.4 is 4.90 Å². The molecule has 10 heteroatoms. The number of carbonyl (C=O) groups excluding carboxylic acids is 1. The Morgan fingerprint density at radius 1 is 1.14 bits per heavy atom. The van der Waals surface area contributed by atoms with E-state index in [9.17, 15) is 25.0 Å². The van der Waals surface area contributed by atoms with Gasteiger partial charge in [0, 0.05) is 30.8 Å². The lowest BCUT2D eigenvalue weighted by Crippen LogP contribution is -2.37. The molecule has 0 aliphatic carbocycles. The topological polar surface area (TPSA) is 116 Å². The zero-order valence-corrected chi connectivity index (χ0v) is 11.4. The summed E-state index contributed by atoms with van der Waals surface area (Å²) in [7, 11) is 0. The molecule has 0 unspecified atom stereocenters. The van der Waals surface area contributed by atoms with E-state index in [2.05, 4.69) is 0 Å². The molecular formula is C11H10ClN3O6. The van der Waals surface area contributed by atoms with Crippen LogP contribution >= 0.6 is 11.6 Å². The second-order valence-electron chi connectivity index (χ2n) is 4.25. The summed E-state index contributed by atoms with van der Waals surface area (Å²) in [6, 6.07) is 1.90. The predicted molar refractivity (Wildman–Crippen MR) is 73.0 cm³/mol. The Morgan fingerprint density at radius 2 is 1.62 bits per heavy atom. The molecular weight excluding hydrogens is 306 g/mol. The Labute approximate surface area is 123 Å². The van der Waals surface area contributed by atoms with E-state index in [1.807, 2.05) is 0 Å². The molecule has 0 N–H and O–H groups in total. The number of nitro benzene ring substituents is 2. The van der Waals surface area contributed by atoms with Gasteiger partial charge in [-0.3, -0.25) is 25.0 Å². The maximum Gasteiger partial charge on any atom is 0.300 e. The average Bonchev–Trinajstić information content (AvgIpc) is 2.46. The SMILES string of the molecule is O=C(Cl)c1cc([N+](=O)[O-])c(N2CCOCC2)c([N+](=O)[O-])c1. The van der Waals surface area contributed by atoms with Crippen LogP contribution in [-0.4, -0.2) is 41.4 Å². The number of rotatable bonds is 4. The zero-order valence-electron chi connectivity index (χ0n) is 10.7. The lowest BCUT2D eigenvalue weighted by molar-refractivity contribution is -0.392. The molecule has 0 aromatic heterocycles. The van der Waals surface area contributed by atoms with E-state index >= 15 is 0 Å². The van der Waals surface area contributed by atoms with Crippen LogP contribution in [0.3, 0.4) is 0 Å². The van der Waals surface area contributed by atoms with Gasteiger partial charge in [-0.1, -0.05) is 0 Å². The molecule has 1 saturated heterocycles. The Morgan fingerprint density at radius 3 is 2.00 bits per heavy atom. The quantitative estimate of drug-likeness (QED) is 0.471. The summed E-state index contributed by atoms with van der Waals surface area (Å²) in [6.45, 7) is 1.20. The van der Waals surface area contributed by atoms with E-state index in [1.54, 1.807) is 0 Å². The molecule has 112 valence electrons. The highest BCUT2D eigenvalue weighted by atomic mass is 35.5. The van der Waals surface area contributed by atoms with Crippen LogP contribution in [0, 0.1) is 20.2 Å². The molecule has 1 fully saturated rings. The van der Waals surface area contributed by atoms with Crippen molar-refractivity contribution >= 4 is 33.9 Å². The minimum atomic E-state index is -0.991. The van der Waals surface area contributed by atoms with Gasteiger partial charge in [0.25, 0.3) is 16.6 Å². The molecule has 0 radical (unpaired) electrons. The zero-order chi connectivity index (χ0) is 15.6. The van der Waals surface area contributed by atoms with Crippen molar-refractivity contribution in [1.29, 1.82) is 0 Å². The molecule has 1 heterocycles. The van der Waals surface area contributed by atoms with Crippen molar-refractivity contribution in [2.75, 3.05) is 31.2 Å². The van der Waals surface area contributed by atoms with Crippen molar-refractivity contribution in [1.82, 2.24) is 0 Å². The molecule has 2 rings (SSSR count). The molecule has 1 aliphatic heterocycles. The van der Waals surface area contributed by atoms with Gasteiger partial charge < -0.3 is 9.64 Å². The Kier molecular flexibility index (Phi) is 4.34. The summed E-state index contributed by atoms with van der Waals surface area (Å²) in [5.74, 6) is 0. The third-order valence-corrected chi connectivity index (χ3v) is 3.24. The number of carbonyl (C=O) groups is 1. The molecule has 0 saturated carbocycles. The fourth-order valence-electron chi connectivity index (χ4n) is 2.11. The first-order chi connectivity index (χ1) is 9.91. The number of nitrogens with zero attached hydrogens (tertiary/aromatic N) is 3. The predicted octanol–water partition coefficient (Wildman–Crippen LogP) is 1.72. The van der Waals surface area contributed by atoms with E-state index < -0.39 is 26.5 Å². The van der Waals surface area contributed by atoms with Crippen LogP contribution in [0.15, 0.2) is 12.1 Å². The van der Waals surface area contributed by atoms with Crippen LogP contribution in [0.4, 0.5) is 17.1 Å². The monoisotopic (exact) mass is 315 g/mol. The van der Waals surface area contributed by atoms with E-state index in [-0.39, 0.29) is 24.3 Å². The highest BCUT2D eigenvalue weighted by molar-refractivity contribution is 6.67. The average molecular weight is 316 g/mol. The first-order valence-electron chi connectivity index (χ1n) is 5.91. The molecule has 0 bridgehead atoms. The molecule has 9 nitrogen and oxygen atoms in total. The van der Waals surface area contributed by atoms with Gasteiger partial charge in [-0.2, -0.15) is 0 Å². The molecule has 0 amide bonds. The second-order valence-corrected chi connectivity index (χ2v) is 4.59. The Bertz CT molecular complexity index is 579. The maximum absolute atomic E-state index is 11.2. The Balaban J connectivity index is 2.66. The minimum absolute atomic E-state index is 0.130. The van der Waals surface area contributed by atoms with Crippen molar-refractivity contribution in [3.63, 3.8) is 0 Å². The summed E-state index contributed by atoms with van der Waals surface area (Å²) in [5, 5.41) is 21.4. The lowest BCUT2D eigenvalue weighted by atomic mass is 10.1. The normalized spacial score (nSPS) is 14.8. The van der Waals surface area contributed by atoms with Gasteiger partial charge >= 0.3 is 0 Å². The highest BCUT2D eigenvalue weighted by Crippen LogP contribution is 2.39. The highest BCUT2D eigenvalue weighted by Gasteiger charge is 2.32. The number of anilines is 1. The molecule has 0 atom stereocenters. The van der Waals surface area contributed by atoms with E-state index in [0.717, 1.165) is 12.1 Å². The third kappa shape index (κ3) is 3.09. The first-order valence-corrected chi connectivity index (χ1v) is 6.29. The van der Waals surface area contributed by atoms with Crippen molar-refractivity contribution in [3.8, 4) is 0 Å². The van der Waals surface area contributed by atoms with Crippen molar-refractivity contribution in [2.24, 2.45) is 0 Å². The van der Waals surface area contributed by atoms with Gasteiger partial charge in [0.15, 0.2) is 5.69 Å². The molecule has 1 aromatic rings. The summed E-state index contributed by atoms with van der Waals surface area (Å²) < 4.78 is 5.13. The standard InChI is InChI=1S/C11H10ClN3O6/c12-11(16)7-5-8(14(17)18)10(9(6-7)15(19)20)13-1-3-21-4-2-13/h5-6H,1-4H2. The van der Waals surface area contributed by atoms with Gasteiger partial charge in [-0.05, 0) is 11.6 Å². The van der Waals surface area contributed by atoms with Crippen molar-refractivity contribution in [2.45, 2.75) is 0 Å². The molecule has 0 spiro atoms. The number of morpholine rings is 1. The summed E-state index contributed by atoms with van der Waals surface area (Å²) >= 11 is 5.28. The number of hydrogen-bond donors (Lipinski definition) is 0. The number of nitro groups is 2. The smallest absolute Gasteiger partial charge is 0.300 e. The van der Waals surface area contributed by atoms with Crippen LogP contribution in [-0.2, 0) is 4.74 Å². The van der Waals surface area contributed by atoms with E-state index in [0.29, 0.717) is 13.2 Å². The molecule has 1 aromatic carbocycles. The fourth-order valence-corrected chi connectivity index (χ4v) is 2.22. The van der Waals surface area contributed by atoms with Gasteiger partial charge in [0.05, 0.1) is 23.1 Å². The Hall–Kier alpha value is -2.26. The first kappa shape index (κ1) is 15.1.